The summed E-state index contributed by atoms with van der Waals surface area (Å²) in [4.78, 5) is 7.08. The zero-order valence-electron chi connectivity index (χ0n) is 10.9. The normalized spacial score (nSPS) is 21.9. The van der Waals surface area contributed by atoms with E-state index >= 15 is 0 Å². The molecule has 17 heavy (non-hydrogen) atoms. The second-order valence-corrected chi connectivity index (χ2v) is 5.95. The van der Waals surface area contributed by atoms with Crippen molar-refractivity contribution in [2.24, 2.45) is 0 Å². The molecule has 1 saturated heterocycles. The number of likely N-dealkylation sites (tertiary alicyclic amines) is 1. The van der Waals surface area contributed by atoms with Gasteiger partial charge in [-0.25, -0.2) is 4.98 Å². The highest BCUT2D eigenvalue weighted by Gasteiger charge is 2.19. The number of rotatable bonds is 5. The maximum Gasteiger partial charge on any atom is 0.0897 e. The van der Waals surface area contributed by atoms with Crippen molar-refractivity contribution in [3.8, 4) is 0 Å². The third kappa shape index (κ3) is 4.05. The van der Waals surface area contributed by atoms with Gasteiger partial charge < -0.3 is 5.32 Å². The average molecular weight is 253 g/mol. The van der Waals surface area contributed by atoms with Crippen molar-refractivity contribution in [1.29, 1.82) is 0 Å². The number of thiazole rings is 1. The minimum absolute atomic E-state index is 0.684. The Morgan fingerprint density at radius 2 is 2.47 bits per heavy atom. The lowest BCUT2D eigenvalue weighted by Gasteiger charge is -2.32. The van der Waals surface area contributed by atoms with Crippen molar-refractivity contribution in [1.82, 2.24) is 15.2 Å². The molecule has 1 aromatic rings. The summed E-state index contributed by atoms with van der Waals surface area (Å²) in [5.41, 5.74) is 1.24. The zero-order valence-corrected chi connectivity index (χ0v) is 11.7. The average Bonchev–Trinajstić information content (AvgIpc) is 2.73. The maximum absolute atomic E-state index is 4.55. The Kier molecular flexibility index (Phi) is 4.95. The molecular weight excluding hydrogens is 230 g/mol. The fourth-order valence-corrected chi connectivity index (χ4v) is 3.03. The quantitative estimate of drug-likeness (QED) is 0.873. The van der Waals surface area contributed by atoms with Crippen molar-refractivity contribution in [3.05, 3.63) is 16.1 Å². The van der Waals surface area contributed by atoms with Crippen LogP contribution in [0.5, 0.6) is 0 Å². The molecule has 1 aromatic heterocycles. The predicted molar refractivity (Wildman–Crippen MR) is 73.4 cm³/mol. The van der Waals surface area contributed by atoms with Crippen molar-refractivity contribution in [3.63, 3.8) is 0 Å². The topological polar surface area (TPSA) is 28.2 Å². The molecule has 2 heterocycles. The molecule has 1 unspecified atom stereocenters. The van der Waals surface area contributed by atoms with E-state index in [-0.39, 0.29) is 0 Å². The van der Waals surface area contributed by atoms with E-state index in [1.54, 1.807) is 11.3 Å². The molecule has 0 saturated carbocycles. The van der Waals surface area contributed by atoms with Gasteiger partial charge in [-0.3, -0.25) is 4.90 Å². The first kappa shape index (κ1) is 13.0. The lowest BCUT2D eigenvalue weighted by atomic mass is 10.1. The number of piperidine rings is 1. The Morgan fingerprint density at radius 3 is 3.18 bits per heavy atom. The van der Waals surface area contributed by atoms with Gasteiger partial charge in [0.05, 0.1) is 10.7 Å². The number of aromatic nitrogens is 1. The molecule has 1 aliphatic heterocycles. The molecule has 2 rings (SSSR count). The second-order valence-electron chi connectivity index (χ2n) is 4.89. The number of nitrogens with zero attached hydrogens (tertiary/aromatic N) is 2. The fraction of sp³-hybridized carbons (Fsp3) is 0.769. The molecule has 1 atom stereocenters. The van der Waals surface area contributed by atoms with Crippen LogP contribution < -0.4 is 5.32 Å². The van der Waals surface area contributed by atoms with Crippen LogP contribution in [0.4, 0.5) is 0 Å². The number of nitrogens with one attached hydrogen (secondary N) is 1. The molecule has 0 aromatic carbocycles. The first-order valence-electron chi connectivity index (χ1n) is 6.64. The smallest absolute Gasteiger partial charge is 0.0897 e. The van der Waals surface area contributed by atoms with Crippen LogP contribution in [0.25, 0.3) is 0 Å². The molecule has 0 spiro atoms. The Labute approximate surface area is 108 Å². The summed E-state index contributed by atoms with van der Waals surface area (Å²) >= 11 is 1.75. The van der Waals surface area contributed by atoms with Crippen LogP contribution in [0.2, 0.25) is 0 Å². The molecule has 0 bridgehead atoms. The highest BCUT2D eigenvalue weighted by atomic mass is 32.1. The zero-order chi connectivity index (χ0) is 12.1. The Hall–Kier alpha value is -0.450. The Bertz CT molecular complexity index is 337. The monoisotopic (exact) mass is 253 g/mol. The van der Waals surface area contributed by atoms with E-state index in [0.29, 0.717) is 6.04 Å². The van der Waals surface area contributed by atoms with Gasteiger partial charge in [-0.1, -0.05) is 6.92 Å². The molecule has 1 N–H and O–H groups in total. The number of hydrogen-bond acceptors (Lipinski definition) is 4. The first-order valence-corrected chi connectivity index (χ1v) is 7.52. The SMILES string of the molecule is CCCNC1CCCN(Cc2csc(C)n2)C1. The highest BCUT2D eigenvalue weighted by molar-refractivity contribution is 7.09. The van der Waals surface area contributed by atoms with Gasteiger partial charge in [0, 0.05) is 24.5 Å². The van der Waals surface area contributed by atoms with Gasteiger partial charge in [-0.15, -0.1) is 11.3 Å². The summed E-state index contributed by atoms with van der Waals surface area (Å²) in [6.07, 6.45) is 3.86. The standard InChI is InChI=1S/C13H23N3S/c1-3-6-14-12-5-4-7-16(8-12)9-13-10-17-11(2)15-13/h10,12,14H,3-9H2,1-2H3. The molecule has 0 amide bonds. The predicted octanol–water partition coefficient (Wildman–Crippen LogP) is 2.42. The van der Waals surface area contributed by atoms with E-state index in [1.165, 1.54) is 43.1 Å². The summed E-state index contributed by atoms with van der Waals surface area (Å²) in [6.45, 7) is 8.88. The summed E-state index contributed by atoms with van der Waals surface area (Å²) in [6, 6.07) is 0.684. The van der Waals surface area contributed by atoms with Gasteiger partial charge in [0.1, 0.15) is 0 Å². The number of hydrogen-bond donors (Lipinski definition) is 1. The van der Waals surface area contributed by atoms with Crippen molar-refractivity contribution < 1.29 is 0 Å². The highest BCUT2D eigenvalue weighted by Crippen LogP contribution is 2.15. The number of aryl methyl sites for hydroxylation is 1. The third-order valence-electron chi connectivity index (χ3n) is 3.24. The van der Waals surface area contributed by atoms with Gasteiger partial charge in [0.15, 0.2) is 0 Å². The van der Waals surface area contributed by atoms with E-state index < -0.39 is 0 Å². The Balaban J connectivity index is 1.80. The van der Waals surface area contributed by atoms with E-state index in [4.69, 9.17) is 0 Å². The van der Waals surface area contributed by atoms with Gasteiger partial charge in [-0.2, -0.15) is 0 Å². The Morgan fingerprint density at radius 1 is 1.59 bits per heavy atom. The fourth-order valence-electron chi connectivity index (χ4n) is 2.42. The van der Waals surface area contributed by atoms with Crippen LogP contribution in [-0.2, 0) is 6.54 Å². The molecular formula is C13H23N3S. The summed E-state index contributed by atoms with van der Waals surface area (Å²) in [5, 5.41) is 7.00. The minimum Gasteiger partial charge on any atom is -0.313 e. The second kappa shape index (κ2) is 6.47. The molecule has 1 fully saturated rings. The van der Waals surface area contributed by atoms with Crippen LogP contribution in [0, 0.1) is 6.92 Å². The first-order chi connectivity index (χ1) is 8.28. The largest absolute Gasteiger partial charge is 0.313 e. The van der Waals surface area contributed by atoms with Crippen molar-refractivity contribution in [2.75, 3.05) is 19.6 Å². The van der Waals surface area contributed by atoms with Gasteiger partial charge >= 0.3 is 0 Å². The third-order valence-corrected chi connectivity index (χ3v) is 4.06. The van der Waals surface area contributed by atoms with Crippen LogP contribution in [0.3, 0.4) is 0 Å². The lowest BCUT2D eigenvalue weighted by Crippen LogP contribution is -2.45. The van der Waals surface area contributed by atoms with Crippen LogP contribution in [0.1, 0.15) is 36.9 Å². The summed E-state index contributed by atoms with van der Waals surface area (Å²) in [7, 11) is 0. The van der Waals surface area contributed by atoms with Gasteiger partial charge in [0.2, 0.25) is 0 Å². The van der Waals surface area contributed by atoms with Crippen LogP contribution >= 0.6 is 11.3 Å². The molecule has 1 aliphatic rings. The molecule has 0 radical (unpaired) electrons. The molecule has 3 nitrogen and oxygen atoms in total. The summed E-state index contributed by atoms with van der Waals surface area (Å²) < 4.78 is 0. The van der Waals surface area contributed by atoms with Gasteiger partial charge in [-0.05, 0) is 39.3 Å². The maximum atomic E-state index is 4.55. The molecule has 0 aliphatic carbocycles. The molecule has 4 heteroatoms. The van der Waals surface area contributed by atoms with Gasteiger partial charge in [0.25, 0.3) is 0 Å². The van der Waals surface area contributed by atoms with E-state index in [1.807, 2.05) is 0 Å². The minimum atomic E-state index is 0.684. The summed E-state index contributed by atoms with van der Waals surface area (Å²) in [5.74, 6) is 0. The van der Waals surface area contributed by atoms with Crippen molar-refractivity contribution in [2.45, 2.75) is 45.7 Å². The molecule has 96 valence electrons. The van der Waals surface area contributed by atoms with E-state index in [2.05, 4.69) is 34.4 Å². The van der Waals surface area contributed by atoms with E-state index in [0.717, 1.165) is 13.1 Å². The van der Waals surface area contributed by atoms with E-state index in [9.17, 15) is 0 Å². The van der Waals surface area contributed by atoms with Crippen LogP contribution in [-0.4, -0.2) is 35.6 Å². The van der Waals surface area contributed by atoms with Crippen molar-refractivity contribution >= 4 is 11.3 Å². The van der Waals surface area contributed by atoms with Crippen LogP contribution in [0.15, 0.2) is 5.38 Å². The lowest BCUT2D eigenvalue weighted by molar-refractivity contribution is 0.182.